The van der Waals surface area contributed by atoms with Crippen LogP contribution in [0.2, 0.25) is 0 Å². The van der Waals surface area contributed by atoms with Gasteiger partial charge in [0, 0.05) is 39.3 Å². The Morgan fingerprint density at radius 1 is 1.30 bits per heavy atom. The normalized spacial score (nSPS) is 18.4. The maximum atomic E-state index is 12.8. The molecule has 9 nitrogen and oxygen atoms in total. The van der Waals surface area contributed by atoms with Gasteiger partial charge in [-0.15, -0.1) is 10.2 Å². The van der Waals surface area contributed by atoms with Crippen LogP contribution in [0.1, 0.15) is 59.2 Å². The third-order valence-corrected chi connectivity index (χ3v) is 5.49. The molecule has 168 valence electrons. The van der Waals surface area contributed by atoms with Crippen LogP contribution in [0.15, 0.2) is 11.3 Å². The first-order valence-corrected chi connectivity index (χ1v) is 11.1. The van der Waals surface area contributed by atoms with Crippen LogP contribution in [0, 0.1) is 5.92 Å². The van der Waals surface area contributed by atoms with Crippen molar-refractivity contribution in [1.82, 2.24) is 29.9 Å². The average Bonchev–Trinajstić information content (AvgIpc) is 3.42. The number of likely N-dealkylation sites (tertiary alicyclic amines) is 1. The Morgan fingerprint density at radius 3 is 2.53 bits per heavy atom. The summed E-state index contributed by atoms with van der Waals surface area (Å²) in [6, 6.07) is 0.221. The number of rotatable bonds is 6. The van der Waals surface area contributed by atoms with Crippen LogP contribution < -0.4 is 5.32 Å². The highest BCUT2D eigenvalue weighted by Crippen LogP contribution is 2.32. The van der Waals surface area contributed by atoms with Crippen LogP contribution in [-0.2, 0) is 18.3 Å². The van der Waals surface area contributed by atoms with Gasteiger partial charge in [0.2, 0.25) is 0 Å². The van der Waals surface area contributed by atoms with E-state index in [4.69, 9.17) is 9.73 Å². The van der Waals surface area contributed by atoms with E-state index >= 15 is 0 Å². The van der Waals surface area contributed by atoms with Crippen LogP contribution >= 0.6 is 0 Å². The lowest BCUT2D eigenvalue weighted by Gasteiger charge is -2.40. The van der Waals surface area contributed by atoms with Crippen molar-refractivity contribution in [3.05, 3.63) is 12.2 Å². The molecule has 2 heterocycles. The highest BCUT2D eigenvalue weighted by molar-refractivity contribution is 5.80. The Labute approximate surface area is 179 Å². The first-order chi connectivity index (χ1) is 14.3. The van der Waals surface area contributed by atoms with Gasteiger partial charge in [0.15, 0.2) is 11.8 Å². The SMILES string of the molecule is CCNC(=NCc1nncn1C)N1CCC(N(CC2CC2)C(=O)OC(C)(C)C)CC1. The minimum atomic E-state index is -0.468. The predicted octanol–water partition coefficient (Wildman–Crippen LogP) is 2.39. The fourth-order valence-corrected chi connectivity index (χ4v) is 3.68. The molecule has 3 rings (SSSR count). The van der Waals surface area contributed by atoms with Crippen LogP contribution in [0.3, 0.4) is 0 Å². The minimum Gasteiger partial charge on any atom is -0.444 e. The van der Waals surface area contributed by atoms with Crippen molar-refractivity contribution in [3.8, 4) is 0 Å². The van der Waals surface area contributed by atoms with E-state index in [1.807, 2.05) is 37.3 Å². The van der Waals surface area contributed by atoms with E-state index < -0.39 is 5.60 Å². The largest absolute Gasteiger partial charge is 0.444 e. The lowest BCUT2D eigenvalue weighted by Crippen LogP contribution is -2.52. The van der Waals surface area contributed by atoms with Gasteiger partial charge in [0.05, 0.1) is 0 Å². The maximum Gasteiger partial charge on any atom is 0.410 e. The van der Waals surface area contributed by atoms with Crippen LogP contribution in [0.5, 0.6) is 0 Å². The second-order valence-corrected chi connectivity index (χ2v) is 9.32. The number of nitrogens with one attached hydrogen (secondary N) is 1. The molecule has 0 atom stereocenters. The molecular weight excluding hydrogens is 382 g/mol. The summed E-state index contributed by atoms with van der Waals surface area (Å²) >= 11 is 0. The number of amides is 1. The van der Waals surface area contributed by atoms with Crippen molar-refractivity contribution in [1.29, 1.82) is 0 Å². The number of ether oxygens (including phenoxy) is 1. The van der Waals surface area contributed by atoms with E-state index in [0.717, 1.165) is 50.8 Å². The average molecular weight is 420 g/mol. The van der Waals surface area contributed by atoms with E-state index in [9.17, 15) is 4.79 Å². The molecule has 0 aromatic carbocycles. The lowest BCUT2D eigenvalue weighted by molar-refractivity contribution is 0.00928. The smallest absolute Gasteiger partial charge is 0.410 e. The van der Waals surface area contributed by atoms with Gasteiger partial charge < -0.3 is 24.4 Å². The van der Waals surface area contributed by atoms with Gasteiger partial charge >= 0.3 is 6.09 Å². The van der Waals surface area contributed by atoms with E-state index in [0.29, 0.717) is 12.5 Å². The van der Waals surface area contributed by atoms with Crippen molar-refractivity contribution >= 4 is 12.1 Å². The first-order valence-electron chi connectivity index (χ1n) is 11.1. The summed E-state index contributed by atoms with van der Waals surface area (Å²) in [5, 5.41) is 11.4. The van der Waals surface area contributed by atoms with E-state index in [1.54, 1.807) is 6.33 Å². The summed E-state index contributed by atoms with van der Waals surface area (Å²) < 4.78 is 7.59. The molecule has 2 fully saturated rings. The molecule has 1 aliphatic carbocycles. The fraction of sp³-hybridized carbons (Fsp3) is 0.810. The second kappa shape index (κ2) is 9.66. The molecule has 2 aliphatic rings. The summed E-state index contributed by atoms with van der Waals surface area (Å²) in [6.45, 7) is 11.7. The second-order valence-electron chi connectivity index (χ2n) is 9.32. The quantitative estimate of drug-likeness (QED) is 0.563. The highest BCUT2D eigenvalue weighted by atomic mass is 16.6. The molecular formula is C21H37N7O2. The summed E-state index contributed by atoms with van der Waals surface area (Å²) in [5.74, 6) is 2.37. The van der Waals surface area contributed by atoms with Crippen LogP contribution in [0.25, 0.3) is 0 Å². The number of nitrogens with zero attached hydrogens (tertiary/aromatic N) is 6. The van der Waals surface area contributed by atoms with Crippen molar-refractivity contribution in [2.24, 2.45) is 18.0 Å². The van der Waals surface area contributed by atoms with Crippen molar-refractivity contribution < 1.29 is 9.53 Å². The number of hydrogen-bond donors (Lipinski definition) is 1. The Morgan fingerprint density at radius 2 is 2.00 bits per heavy atom. The number of guanidine groups is 1. The number of aliphatic imine (C=N–C) groups is 1. The number of hydrogen-bond acceptors (Lipinski definition) is 5. The molecule has 1 aromatic heterocycles. The Balaban J connectivity index is 1.61. The summed E-state index contributed by atoms with van der Waals surface area (Å²) in [4.78, 5) is 21.9. The number of aromatic nitrogens is 3. The van der Waals surface area contributed by atoms with Gasteiger partial charge in [-0.05, 0) is 59.3 Å². The number of carbonyl (C=O) groups excluding carboxylic acids is 1. The molecule has 0 bridgehead atoms. The van der Waals surface area contributed by atoms with Crippen LogP contribution in [0.4, 0.5) is 4.79 Å². The molecule has 1 saturated carbocycles. The van der Waals surface area contributed by atoms with Gasteiger partial charge in [-0.25, -0.2) is 9.79 Å². The summed E-state index contributed by atoms with van der Waals surface area (Å²) in [5.41, 5.74) is -0.468. The Kier molecular flexibility index (Phi) is 7.20. The third kappa shape index (κ3) is 6.34. The lowest BCUT2D eigenvalue weighted by atomic mass is 10.0. The molecule has 9 heteroatoms. The standard InChI is InChI=1S/C21H37N7O2/c1-6-22-19(23-13-18-25-24-15-26(18)5)27-11-9-17(10-12-27)28(14-16-7-8-16)20(29)30-21(2,3)4/h15-17H,6-14H2,1-5H3,(H,22,23). The Hall–Kier alpha value is -2.32. The maximum absolute atomic E-state index is 12.8. The molecule has 0 spiro atoms. The number of carbonyl (C=O) groups is 1. The van der Waals surface area contributed by atoms with Crippen molar-refractivity contribution in [2.45, 2.75) is 71.6 Å². The highest BCUT2D eigenvalue weighted by Gasteiger charge is 2.35. The first kappa shape index (κ1) is 22.4. The molecule has 1 aromatic rings. The fourth-order valence-electron chi connectivity index (χ4n) is 3.68. The zero-order chi connectivity index (χ0) is 21.7. The molecule has 0 radical (unpaired) electrons. The molecule has 1 aliphatic heterocycles. The van der Waals surface area contributed by atoms with Crippen molar-refractivity contribution in [3.63, 3.8) is 0 Å². The Bertz CT molecular complexity index is 728. The monoisotopic (exact) mass is 419 g/mol. The zero-order valence-corrected chi connectivity index (χ0v) is 19.1. The number of aryl methyl sites for hydroxylation is 1. The third-order valence-electron chi connectivity index (χ3n) is 5.49. The van der Waals surface area contributed by atoms with Gasteiger partial charge in [0.25, 0.3) is 0 Å². The molecule has 0 unspecified atom stereocenters. The molecule has 30 heavy (non-hydrogen) atoms. The van der Waals surface area contributed by atoms with E-state index in [1.165, 1.54) is 12.8 Å². The van der Waals surface area contributed by atoms with Gasteiger partial charge in [-0.2, -0.15) is 0 Å². The van der Waals surface area contributed by atoms with Gasteiger partial charge in [-0.3, -0.25) is 0 Å². The number of piperidine rings is 1. The topological polar surface area (TPSA) is 87.9 Å². The summed E-state index contributed by atoms with van der Waals surface area (Å²) in [7, 11) is 1.92. The van der Waals surface area contributed by atoms with Gasteiger partial charge in [0.1, 0.15) is 18.5 Å². The van der Waals surface area contributed by atoms with Crippen molar-refractivity contribution in [2.75, 3.05) is 26.2 Å². The zero-order valence-electron chi connectivity index (χ0n) is 19.1. The summed E-state index contributed by atoms with van der Waals surface area (Å²) in [6.07, 6.45) is 5.79. The molecule has 1 amide bonds. The van der Waals surface area contributed by atoms with Crippen LogP contribution in [-0.4, -0.2) is 74.4 Å². The molecule has 1 saturated heterocycles. The predicted molar refractivity (Wildman–Crippen MR) is 116 cm³/mol. The van der Waals surface area contributed by atoms with Gasteiger partial charge in [-0.1, -0.05) is 0 Å². The minimum absolute atomic E-state index is 0.171. The molecule has 1 N–H and O–H groups in total. The van der Waals surface area contributed by atoms with E-state index in [-0.39, 0.29) is 12.1 Å². The van der Waals surface area contributed by atoms with E-state index in [2.05, 4.69) is 27.3 Å².